The van der Waals surface area contributed by atoms with E-state index in [1.54, 1.807) is 21.3 Å². The molecule has 170 valence electrons. The van der Waals surface area contributed by atoms with Crippen LogP contribution in [0.25, 0.3) is 0 Å². The standard InChI is InChI=1S/C24H35NO5Si/c1-26-20-7-9-24(10-8-20,11-12-25)21-16-23(28-3)22(27-2)15-19(21)17-30-18-29-13-14-31(4,5)6/h7-9,15-16H,10-11,13-14,17-18H2,1-6H3. The van der Waals surface area contributed by atoms with Crippen LogP contribution in [-0.2, 0) is 26.2 Å². The lowest BCUT2D eigenvalue weighted by atomic mass is 9.65. The highest BCUT2D eigenvalue weighted by molar-refractivity contribution is 6.76. The van der Waals surface area contributed by atoms with Gasteiger partial charge in [0.25, 0.3) is 0 Å². The molecule has 1 aliphatic rings. The molecule has 0 aliphatic heterocycles. The molecule has 6 nitrogen and oxygen atoms in total. The van der Waals surface area contributed by atoms with Gasteiger partial charge in [-0.2, -0.15) is 5.26 Å². The maximum Gasteiger partial charge on any atom is 0.161 e. The predicted molar refractivity (Wildman–Crippen MR) is 123 cm³/mol. The number of ether oxygens (including phenoxy) is 5. The molecule has 1 fully saturated rings. The monoisotopic (exact) mass is 445 g/mol. The van der Waals surface area contributed by atoms with Crippen molar-refractivity contribution in [3.8, 4) is 17.6 Å². The zero-order valence-electron chi connectivity index (χ0n) is 19.6. The molecular formula is C24H35NO5Si. The summed E-state index contributed by atoms with van der Waals surface area (Å²) in [6, 6.07) is 7.33. The van der Waals surface area contributed by atoms with Crippen molar-refractivity contribution < 1.29 is 23.7 Å². The Bertz CT molecular complexity index is 733. The zero-order chi connectivity index (χ0) is 22.9. The molecule has 31 heavy (non-hydrogen) atoms. The van der Waals surface area contributed by atoms with Gasteiger partial charge < -0.3 is 23.7 Å². The van der Waals surface area contributed by atoms with Crippen LogP contribution in [0.3, 0.4) is 0 Å². The fourth-order valence-electron chi connectivity index (χ4n) is 3.53. The molecule has 0 saturated heterocycles. The van der Waals surface area contributed by atoms with E-state index in [0.717, 1.165) is 23.3 Å². The van der Waals surface area contributed by atoms with Crippen molar-refractivity contribution >= 4 is 8.07 Å². The Labute approximate surface area is 188 Å². The number of nitriles is 1. The Hall–Kier alpha value is -1.59. The molecule has 0 amide bonds. The van der Waals surface area contributed by atoms with Crippen molar-refractivity contribution in [2.24, 2.45) is 0 Å². The van der Waals surface area contributed by atoms with E-state index in [9.17, 15) is 5.26 Å². The van der Waals surface area contributed by atoms with E-state index in [0.29, 0.717) is 37.6 Å². The molecule has 1 aromatic rings. The normalized spacial score (nSPS) is 16.7. The molecule has 1 aromatic carbocycles. The fraction of sp³-hybridized carbons (Fsp3) is 0.542. The molecule has 1 saturated carbocycles. The van der Waals surface area contributed by atoms with Crippen molar-refractivity contribution in [2.45, 2.75) is 50.5 Å². The van der Waals surface area contributed by atoms with Gasteiger partial charge in [-0.05, 0) is 48.6 Å². The van der Waals surface area contributed by atoms with Crippen LogP contribution in [0.2, 0.25) is 25.7 Å². The minimum absolute atomic E-state index is 0.229. The SMILES string of the molecule is CO[C]1[CH][CH]C(CC#N)(c2cc(OC)c(OC)cc2COCOCC[Si](C)(C)C)C[CH]1. The number of methoxy groups -OCH3 is 3. The van der Waals surface area contributed by atoms with Crippen LogP contribution in [0.5, 0.6) is 11.5 Å². The first-order valence-electron chi connectivity index (χ1n) is 10.5. The van der Waals surface area contributed by atoms with Gasteiger partial charge in [0.05, 0.1) is 26.9 Å². The Morgan fingerprint density at radius 2 is 1.74 bits per heavy atom. The van der Waals surface area contributed by atoms with Gasteiger partial charge in [-0.3, -0.25) is 0 Å². The summed E-state index contributed by atoms with van der Waals surface area (Å²) in [6.07, 6.45) is 7.74. The molecule has 1 atom stereocenters. The highest BCUT2D eigenvalue weighted by Crippen LogP contribution is 2.47. The highest BCUT2D eigenvalue weighted by atomic mass is 28.3. The molecule has 0 N–H and O–H groups in total. The van der Waals surface area contributed by atoms with Crippen molar-refractivity contribution in [1.29, 1.82) is 5.26 Å². The zero-order valence-corrected chi connectivity index (χ0v) is 20.6. The minimum atomic E-state index is -1.13. The molecular weight excluding hydrogens is 410 g/mol. The lowest BCUT2D eigenvalue weighted by molar-refractivity contribution is -0.0577. The molecule has 1 aliphatic carbocycles. The molecule has 7 heteroatoms. The average Bonchev–Trinajstić information content (AvgIpc) is 2.75. The van der Waals surface area contributed by atoms with Crippen molar-refractivity contribution in [2.75, 3.05) is 34.7 Å². The van der Waals surface area contributed by atoms with Crippen molar-refractivity contribution in [3.63, 3.8) is 0 Å². The largest absolute Gasteiger partial charge is 0.493 e. The van der Waals surface area contributed by atoms with E-state index in [4.69, 9.17) is 23.7 Å². The van der Waals surface area contributed by atoms with Crippen LogP contribution in [0.4, 0.5) is 0 Å². The smallest absolute Gasteiger partial charge is 0.161 e. The molecule has 0 aromatic heterocycles. The summed E-state index contributed by atoms with van der Waals surface area (Å²) in [7, 11) is 3.74. The Balaban J connectivity index is 2.22. The number of hydrogen-bond donors (Lipinski definition) is 0. The molecule has 0 spiro atoms. The van der Waals surface area contributed by atoms with Crippen LogP contribution >= 0.6 is 0 Å². The third-order valence-corrected chi connectivity index (χ3v) is 7.13. The molecule has 1 unspecified atom stereocenters. The summed E-state index contributed by atoms with van der Waals surface area (Å²) in [5.74, 6) is 1.25. The van der Waals surface area contributed by atoms with Gasteiger partial charge in [0.1, 0.15) is 12.9 Å². The molecule has 4 radical (unpaired) electrons. The van der Waals surface area contributed by atoms with Gasteiger partial charge in [0.2, 0.25) is 0 Å². The summed E-state index contributed by atoms with van der Waals surface area (Å²) in [6.45, 7) is 8.26. The summed E-state index contributed by atoms with van der Waals surface area (Å²) >= 11 is 0. The lowest BCUT2D eigenvalue weighted by Gasteiger charge is -2.39. The second-order valence-corrected chi connectivity index (χ2v) is 14.5. The number of rotatable bonds is 12. The van der Waals surface area contributed by atoms with E-state index in [1.165, 1.54) is 0 Å². The Morgan fingerprint density at radius 1 is 1.03 bits per heavy atom. The van der Waals surface area contributed by atoms with E-state index in [-0.39, 0.29) is 6.79 Å². The Morgan fingerprint density at radius 3 is 2.29 bits per heavy atom. The first kappa shape index (κ1) is 25.7. The molecule has 0 bridgehead atoms. The summed E-state index contributed by atoms with van der Waals surface area (Å²) in [4.78, 5) is 0. The topological polar surface area (TPSA) is 69.9 Å². The van der Waals surface area contributed by atoms with Gasteiger partial charge in [-0.25, -0.2) is 0 Å². The number of nitrogens with zero attached hydrogens (tertiary/aromatic N) is 1. The van der Waals surface area contributed by atoms with Gasteiger partial charge in [-0.1, -0.05) is 19.6 Å². The van der Waals surface area contributed by atoms with E-state index < -0.39 is 13.5 Å². The van der Waals surface area contributed by atoms with Crippen LogP contribution in [-0.4, -0.2) is 42.8 Å². The summed E-state index contributed by atoms with van der Waals surface area (Å²) in [5, 5.41) is 9.59. The number of hydrogen-bond acceptors (Lipinski definition) is 6. The predicted octanol–water partition coefficient (Wildman–Crippen LogP) is 4.88. The summed E-state index contributed by atoms with van der Waals surface area (Å²) in [5.41, 5.74) is 1.44. The maximum absolute atomic E-state index is 9.59. The highest BCUT2D eigenvalue weighted by Gasteiger charge is 2.40. The van der Waals surface area contributed by atoms with Crippen LogP contribution in [0, 0.1) is 36.7 Å². The minimum Gasteiger partial charge on any atom is -0.493 e. The van der Waals surface area contributed by atoms with Gasteiger partial charge in [0, 0.05) is 40.0 Å². The third kappa shape index (κ3) is 7.21. The molecule has 0 heterocycles. The van der Waals surface area contributed by atoms with E-state index in [2.05, 4.69) is 25.7 Å². The second kappa shape index (κ2) is 11.9. The van der Waals surface area contributed by atoms with Gasteiger partial charge in [-0.15, -0.1) is 0 Å². The van der Waals surface area contributed by atoms with Crippen molar-refractivity contribution in [3.05, 3.63) is 48.6 Å². The maximum atomic E-state index is 9.59. The second-order valence-electron chi connectivity index (χ2n) is 8.89. The first-order chi connectivity index (χ1) is 14.8. The van der Waals surface area contributed by atoms with Gasteiger partial charge in [0.15, 0.2) is 11.5 Å². The quantitative estimate of drug-likeness (QED) is 0.259. The van der Waals surface area contributed by atoms with E-state index >= 15 is 0 Å². The first-order valence-corrected chi connectivity index (χ1v) is 14.2. The van der Waals surface area contributed by atoms with Crippen LogP contribution in [0.1, 0.15) is 24.0 Å². The van der Waals surface area contributed by atoms with E-state index in [1.807, 2.05) is 31.4 Å². The Kier molecular flexibility index (Phi) is 9.82. The molecule has 2 rings (SSSR count). The fourth-order valence-corrected chi connectivity index (χ4v) is 4.29. The van der Waals surface area contributed by atoms with Crippen LogP contribution < -0.4 is 9.47 Å². The van der Waals surface area contributed by atoms with Gasteiger partial charge >= 0.3 is 0 Å². The summed E-state index contributed by atoms with van der Waals surface area (Å²) < 4.78 is 27.9. The van der Waals surface area contributed by atoms with Crippen molar-refractivity contribution in [1.82, 2.24) is 0 Å². The third-order valence-electron chi connectivity index (χ3n) is 5.43. The number of benzene rings is 1. The average molecular weight is 446 g/mol. The van der Waals surface area contributed by atoms with Crippen LogP contribution in [0.15, 0.2) is 12.1 Å². The lowest BCUT2D eigenvalue weighted by Crippen LogP contribution is -2.34.